The molecule has 0 aromatic carbocycles. The summed E-state index contributed by atoms with van der Waals surface area (Å²) in [5, 5.41) is 11.6. The van der Waals surface area contributed by atoms with Crippen molar-refractivity contribution in [2.45, 2.75) is 24.0 Å². The Hall–Kier alpha value is -1.39. The van der Waals surface area contributed by atoms with Crippen LogP contribution in [-0.2, 0) is 25.9 Å². The number of thioether (sulfide) groups is 1. The number of ether oxygens (including phenoxy) is 1. The third-order valence-electron chi connectivity index (χ3n) is 3.62. The molecular formula is C14H22N4O4S2. The Kier molecular flexibility index (Phi) is 6.81. The molecule has 1 aromatic rings. The van der Waals surface area contributed by atoms with Crippen LogP contribution in [0.4, 0.5) is 0 Å². The van der Waals surface area contributed by atoms with Crippen LogP contribution in [0.3, 0.4) is 0 Å². The number of hydrogen-bond donors (Lipinski definition) is 1. The number of carbonyl (C=O) groups excluding carboxylic acids is 1. The molecular weight excluding hydrogens is 352 g/mol. The number of allylic oxidation sites excluding steroid dienone is 1. The van der Waals surface area contributed by atoms with Crippen molar-refractivity contribution in [3.63, 3.8) is 0 Å². The van der Waals surface area contributed by atoms with Gasteiger partial charge in [0.05, 0.1) is 23.9 Å². The van der Waals surface area contributed by atoms with Gasteiger partial charge in [0.2, 0.25) is 5.91 Å². The maximum absolute atomic E-state index is 11.8. The molecule has 10 heteroatoms. The van der Waals surface area contributed by atoms with Crippen molar-refractivity contribution >= 4 is 27.5 Å². The molecule has 0 bridgehead atoms. The molecule has 0 radical (unpaired) electrons. The molecule has 8 nitrogen and oxygen atoms in total. The van der Waals surface area contributed by atoms with Gasteiger partial charge in [0.25, 0.3) is 0 Å². The first-order valence-electron chi connectivity index (χ1n) is 7.59. The van der Waals surface area contributed by atoms with Crippen LogP contribution in [0.5, 0.6) is 0 Å². The van der Waals surface area contributed by atoms with Crippen LogP contribution >= 0.6 is 11.8 Å². The van der Waals surface area contributed by atoms with Crippen LogP contribution < -0.4 is 5.32 Å². The van der Waals surface area contributed by atoms with E-state index in [1.807, 2.05) is 4.57 Å². The Morgan fingerprint density at radius 1 is 1.54 bits per heavy atom. The molecule has 0 saturated carbocycles. The summed E-state index contributed by atoms with van der Waals surface area (Å²) >= 11 is 1.27. The molecule has 1 aliphatic rings. The van der Waals surface area contributed by atoms with Gasteiger partial charge in [0, 0.05) is 26.1 Å². The highest BCUT2D eigenvalue weighted by Gasteiger charge is 2.33. The van der Waals surface area contributed by atoms with Gasteiger partial charge < -0.3 is 14.6 Å². The first-order chi connectivity index (χ1) is 11.5. The second kappa shape index (κ2) is 8.63. The van der Waals surface area contributed by atoms with Gasteiger partial charge in [-0.3, -0.25) is 4.79 Å². The topological polar surface area (TPSA) is 103 Å². The standard InChI is InChI=1S/C14H22N4O4S2/c1-3-6-18-13(11-4-8-24(20,21)10-11)16-17-14(18)23-9-12(19)15-5-7-22-2/h3,11H,1,4-10H2,2H3,(H,15,19)/t11-/m0/s1. The van der Waals surface area contributed by atoms with Gasteiger partial charge >= 0.3 is 0 Å². The minimum absolute atomic E-state index is 0.102. The fraction of sp³-hybridized carbons (Fsp3) is 0.643. The highest BCUT2D eigenvalue weighted by molar-refractivity contribution is 7.99. The third kappa shape index (κ3) is 5.05. The molecule has 24 heavy (non-hydrogen) atoms. The van der Waals surface area contributed by atoms with Crippen molar-refractivity contribution in [1.82, 2.24) is 20.1 Å². The minimum atomic E-state index is -2.99. The van der Waals surface area contributed by atoms with E-state index in [1.165, 1.54) is 11.8 Å². The smallest absolute Gasteiger partial charge is 0.230 e. The largest absolute Gasteiger partial charge is 0.383 e. The molecule has 1 aliphatic heterocycles. The molecule has 0 unspecified atom stereocenters. The van der Waals surface area contributed by atoms with Crippen molar-refractivity contribution in [3.8, 4) is 0 Å². The van der Waals surface area contributed by atoms with Crippen LogP contribution in [0, 0.1) is 0 Å². The number of carbonyl (C=O) groups is 1. The quantitative estimate of drug-likeness (QED) is 0.375. The van der Waals surface area contributed by atoms with Crippen molar-refractivity contribution in [3.05, 3.63) is 18.5 Å². The van der Waals surface area contributed by atoms with Crippen molar-refractivity contribution < 1.29 is 17.9 Å². The zero-order valence-corrected chi connectivity index (χ0v) is 15.2. The Morgan fingerprint density at radius 2 is 2.33 bits per heavy atom. The lowest BCUT2D eigenvalue weighted by atomic mass is 10.1. The van der Waals surface area contributed by atoms with Crippen molar-refractivity contribution in [1.29, 1.82) is 0 Å². The van der Waals surface area contributed by atoms with E-state index in [2.05, 4.69) is 22.1 Å². The number of sulfone groups is 1. The molecule has 1 atom stereocenters. The fourth-order valence-corrected chi connectivity index (χ4v) is 5.01. The summed E-state index contributed by atoms with van der Waals surface area (Å²) in [4.78, 5) is 11.8. The van der Waals surface area contributed by atoms with Crippen LogP contribution in [-0.4, -0.2) is 66.6 Å². The number of nitrogens with zero attached hydrogens (tertiary/aromatic N) is 3. The second-order valence-electron chi connectivity index (χ2n) is 5.47. The molecule has 0 spiro atoms. The normalized spacial score (nSPS) is 19.3. The molecule has 1 amide bonds. The monoisotopic (exact) mass is 374 g/mol. The van der Waals surface area contributed by atoms with E-state index in [4.69, 9.17) is 4.74 Å². The van der Waals surface area contributed by atoms with Crippen LogP contribution in [0.1, 0.15) is 18.2 Å². The molecule has 1 aromatic heterocycles. The van der Waals surface area contributed by atoms with E-state index in [0.29, 0.717) is 37.1 Å². The maximum Gasteiger partial charge on any atom is 0.230 e. The Labute approximate surface area is 146 Å². The van der Waals surface area contributed by atoms with Crippen molar-refractivity contribution in [2.75, 3.05) is 37.5 Å². The van der Waals surface area contributed by atoms with E-state index in [9.17, 15) is 13.2 Å². The highest BCUT2D eigenvalue weighted by atomic mass is 32.2. The summed E-state index contributed by atoms with van der Waals surface area (Å²) in [5.74, 6) is 0.885. The summed E-state index contributed by atoms with van der Waals surface area (Å²) in [6.07, 6.45) is 2.26. The Morgan fingerprint density at radius 3 is 2.96 bits per heavy atom. The number of rotatable bonds is 9. The lowest BCUT2D eigenvalue weighted by Gasteiger charge is -2.11. The zero-order chi connectivity index (χ0) is 17.6. The summed E-state index contributed by atoms with van der Waals surface area (Å²) in [6.45, 7) is 5.12. The van der Waals surface area contributed by atoms with E-state index < -0.39 is 9.84 Å². The third-order valence-corrected chi connectivity index (χ3v) is 6.35. The summed E-state index contributed by atoms with van der Waals surface area (Å²) < 4.78 is 30.1. The van der Waals surface area contributed by atoms with Crippen LogP contribution in [0.25, 0.3) is 0 Å². The molecule has 2 rings (SSSR count). The summed E-state index contributed by atoms with van der Waals surface area (Å²) in [6, 6.07) is 0. The molecule has 1 saturated heterocycles. The molecule has 134 valence electrons. The fourth-order valence-electron chi connectivity index (χ4n) is 2.48. The number of hydrogen-bond acceptors (Lipinski definition) is 7. The maximum atomic E-state index is 11.8. The van der Waals surface area contributed by atoms with Crippen LogP contribution in [0.15, 0.2) is 17.8 Å². The molecule has 1 fully saturated rings. The van der Waals surface area contributed by atoms with Gasteiger partial charge in [0.15, 0.2) is 15.0 Å². The van der Waals surface area contributed by atoms with E-state index in [0.717, 1.165) is 0 Å². The van der Waals surface area contributed by atoms with Gasteiger partial charge in [-0.15, -0.1) is 16.8 Å². The van der Waals surface area contributed by atoms with Gasteiger partial charge in [-0.2, -0.15) is 0 Å². The predicted octanol–water partition coefficient (Wildman–Crippen LogP) is 0.221. The number of aromatic nitrogens is 3. The van der Waals surface area contributed by atoms with Gasteiger partial charge in [-0.1, -0.05) is 17.8 Å². The average molecular weight is 374 g/mol. The van der Waals surface area contributed by atoms with Gasteiger partial charge in [-0.05, 0) is 6.42 Å². The average Bonchev–Trinajstić information content (AvgIpc) is 3.09. The van der Waals surface area contributed by atoms with E-state index >= 15 is 0 Å². The lowest BCUT2D eigenvalue weighted by molar-refractivity contribution is -0.118. The van der Waals surface area contributed by atoms with Crippen molar-refractivity contribution in [2.24, 2.45) is 0 Å². The van der Waals surface area contributed by atoms with E-state index in [-0.39, 0.29) is 29.1 Å². The van der Waals surface area contributed by atoms with Crippen LogP contribution in [0.2, 0.25) is 0 Å². The molecule has 1 N–H and O–H groups in total. The summed E-state index contributed by atoms with van der Waals surface area (Å²) in [5.41, 5.74) is 0. The Bertz CT molecular complexity index is 687. The molecule has 0 aliphatic carbocycles. The number of methoxy groups -OCH3 is 1. The second-order valence-corrected chi connectivity index (χ2v) is 8.64. The SMILES string of the molecule is C=CCn1c(SCC(=O)NCCOC)nnc1[C@H]1CCS(=O)(=O)C1. The molecule has 2 heterocycles. The number of amides is 1. The first-order valence-corrected chi connectivity index (χ1v) is 10.4. The van der Waals surface area contributed by atoms with Gasteiger partial charge in [0.1, 0.15) is 5.82 Å². The van der Waals surface area contributed by atoms with Gasteiger partial charge in [-0.25, -0.2) is 8.42 Å². The highest BCUT2D eigenvalue weighted by Crippen LogP contribution is 2.30. The summed E-state index contributed by atoms with van der Waals surface area (Å²) in [7, 11) is -1.42. The number of nitrogens with one attached hydrogen (secondary N) is 1. The minimum Gasteiger partial charge on any atom is -0.383 e. The van der Waals surface area contributed by atoms with E-state index in [1.54, 1.807) is 13.2 Å². The zero-order valence-electron chi connectivity index (χ0n) is 13.6. The lowest BCUT2D eigenvalue weighted by Crippen LogP contribution is -2.28. The Balaban J connectivity index is 2.03. The first kappa shape index (κ1) is 18.9. The predicted molar refractivity (Wildman–Crippen MR) is 91.8 cm³/mol.